The van der Waals surface area contributed by atoms with E-state index in [9.17, 15) is 0 Å². The van der Waals surface area contributed by atoms with Gasteiger partial charge in [-0.3, -0.25) is 9.89 Å². The van der Waals surface area contributed by atoms with Crippen LogP contribution in [0.4, 0.5) is 5.69 Å². The van der Waals surface area contributed by atoms with E-state index in [1.54, 1.807) is 14.2 Å². The van der Waals surface area contributed by atoms with Gasteiger partial charge in [-0.15, -0.1) is 0 Å². The molecule has 1 unspecified atom stereocenters. The lowest BCUT2D eigenvalue weighted by molar-refractivity contribution is 0.236. The highest BCUT2D eigenvalue weighted by atomic mass is 16.5. The van der Waals surface area contributed by atoms with Crippen LogP contribution in [0.1, 0.15) is 39.0 Å². The van der Waals surface area contributed by atoms with Gasteiger partial charge in [-0.25, -0.2) is 0 Å². The van der Waals surface area contributed by atoms with Crippen LogP contribution in [0.25, 0.3) is 0 Å². The Hall–Kier alpha value is -2.15. The minimum Gasteiger partial charge on any atom is -0.497 e. The van der Waals surface area contributed by atoms with E-state index in [4.69, 9.17) is 9.47 Å². The molecule has 1 aromatic rings. The number of hydrogen-bond acceptors (Lipinski definition) is 5. The summed E-state index contributed by atoms with van der Waals surface area (Å²) in [7, 11) is 5.25. The lowest BCUT2D eigenvalue weighted by Gasteiger charge is -2.35. The second-order valence-electron chi connectivity index (χ2n) is 8.23. The number of piperidine rings is 1. The Kier molecular flexibility index (Phi) is 8.49. The summed E-state index contributed by atoms with van der Waals surface area (Å²) >= 11 is 0. The zero-order valence-electron chi connectivity index (χ0n) is 19.1. The van der Waals surface area contributed by atoms with Gasteiger partial charge in [0.15, 0.2) is 5.96 Å². The summed E-state index contributed by atoms with van der Waals surface area (Å²) in [5, 5.41) is 7.21. The summed E-state index contributed by atoms with van der Waals surface area (Å²) < 4.78 is 10.8. The van der Waals surface area contributed by atoms with Gasteiger partial charge in [0.25, 0.3) is 0 Å². The maximum atomic E-state index is 5.42. The molecule has 30 heavy (non-hydrogen) atoms. The lowest BCUT2D eigenvalue weighted by Crippen LogP contribution is -2.51. The number of rotatable bonds is 8. The van der Waals surface area contributed by atoms with Crippen LogP contribution in [0, 0.1) is 0 Å². The predicted octanol–water partition coefficient (Wildman–Crippen LogP) is 2.71. The summed E-state index contributed by atoms with van der Waals surface area (Å²) in [5.41, 5.74) is 1.16. The molecule has 0 aliphatic carbocycles. The standard InChI is InChI=1S/C23H39N5O2/c1-5-19(27-10-6-7-11-27)17-25-23(24-2)26-18-8-12-28(13-9-18)20-14-21(29-3)16-22(15-20)30-4/h14-16,18-19H,5-13,17H2,1-4H3,(H2,24,25,26). The third-order valence-corrected chi connectivity index (χ3v) is 6.39. The highest BCUT2D eigenvalue weighted by Crippen LogP contribution is 2.30. The molecular formula is C23H39N5O2. The average molecular weight is 418 g/mol. The normalized spacial score (nSPS) is 19.6. The molecule has 2 aliphatic rings. The molecule has 7 heteroatoms. The Morgan fingerprint density at radius 2 is 1.70 bits per heavy atom. The predicted molar refractivity (Wildman–Crippen MR) is 124 cm³/mol. The third kappa shape index (κ3) is 5.94. The van der Waals surface area contributed by atoms with E-state index in [1.165, 1.54) is 32.4 Å². The fraction of sp³-hybridized carbons (Fsp3) is 0.696. The summed E-state index contributed by atoms with van der Waals surface area (Å²) in [5.74, 6) is 2.59. The zero-order valence-corrected chi connectivity index (χ0v) is 19.1. The fourth-order valence-corrected chi connectivity index (χ4v) is 4.50. The molecular weight excluding hydrogens is 378 g/mol. The van der Waals surface area contributed by atoms with Gasteiger partial charge in [0.1, 0.15) is 11.5 Å². The van der Waals surface area contributed by atoms with Crippen LogP contribution >= 0.6 is 0 Å². The molecule has 168 valence electrons. The first-order chi connectivity index (χ1) is 14.7. The van der Waals surface area contributed by atoms with Gasteiger partial charge < -0.3 is 25.0 Å². The first kappa shape index (κ1) is 22.5. The van der Waals surface area contributed by atoms with Crippen LogP contribution in [-0.2, 0) is 0 Å². The number of likely N-dealkylation sites (tertiary alicyclic amines) is 1. The third-order valence-electron chi connectivity index (χ3n) is 6.39. The number of ether oxygens (including phenoxy) is 2. The lowest BCUT2D eigenvalue weighted by atomic mass is 10.0. The van der Waals surface area contributed by atoms with Gasteiger partial charge >= 0.3 is 0 Å². The van der Waals surface area contributed by atoms with Crippen LogP contribution in [0.3, 0.4) is 0 Å². The SMILES string of the molecule is CCC(CNC(=NC)NC1CCN(c2cc(OC)cc(OC)c2)CC1)N1CCCC1. The van der Waals surface area contributed by atoms with Gasteiger partial charge in [0.05, 0.1) is 14.2 Å². The van der Waals surface area contributed by atoms with Crippen molar-refractivity contribution < 1.29 is 9.47 Å². The van der Waals surface area contributed by atoms with Gasteiger partial charge in [-0.2, -0.15) is 0 Å². The highest BCUT2D eigenvalue weighted by Gasteiger charge is 2.23. The molecule has 0 amide bonds. The molecule has 1 aromatic carbocycles. The molecule has 2 aliphatic heterocycles. The quantitative estimate of drug-likeness (QED) is 0.501. The number of anilines is 1. The molecule has 3 rings (SSSR count). The van der Waals surface area contributed by atoms with Gasteiger partial charge in [-0.1, -0.05) is 6.92 Å². The Morgan fingerprint density at radius 1 is 1.07 bits per heavy atom. The van der Waals surface area contributed by atoms with Crippen molar-refractivity contribution in [3.63, 3.8) is 0 Å². The molecule has 0 radical (unpaired) electrons. The summed E-state index contributed by atoms with van der Waals surface area (Å²) in [4.78, 5) is 9.48. The van der Waals surface area contributed by atoms with E-state index >= 15 is 0 Å². The molecule has 0 spiro atoms. The van der Waals surface area contributed by atoms with Crippen molar-refractivity contribution in [3.05, 3.63) is 18.2 Å². The first-order valence-corrected chi connectivity index (χ1v) is 11.4. The van der Waals surface area contributed by atoms with Gasteiger partial charge in [0.2, 0.25) is 0 Å². The number of hydrogen-bond donors (Lipinski definition) is 2. The summed E-state index contributed by atoms with van der Waals surface area (Å²) in [6.07, 6.45) is 5.99. The molecule has 0 bridgehead atoms. The van der Waals surface area contributed by atoms with Crippen molar-refractivity contribution in [1.82, 2.24) is 15.5 Å². The Balaban J connectivity index is 1.48. The number of nitrogens with zero attached hydrogens (tertiary/aromatic N) is 3. The topological polar surface area (TPSA) is 61.4 Å². The van der Waals surface area contributed by atoms with Crippen LogP contribution in [0.5, 0.6) is 11.5 Å². The largest absolute Gasteiger partial charge is 0.497 e. The maximum absolute atomic E-state index is 5.42. The molecule has 2 saturated heterocycles. The van der Waals surface area contributed by atoms with Crippen molar-refractivity contribution in [1.29, 1.82) is 0 Å². The maximum Gasteiger partial charge on any atom is 0.191 e. The molecule has 0 aromatic heterocycles. The van der Waals surface area contributed by atoms with Gasteiger partial charge in [-0.05, 0) is 45.2 Å². The molecule has 2 fully saturated rings. The second kappa shape index (κ2) is 11.3. The summed E-state index contributed by atoms with van der Waals surface area (Å²) in [6, 6.07) is 7.11. The zero-order chi connectivity index (χ0) is 21.3. The number of guanidine groups is 1. The second-order valence-corrected chi connectivity index (χ2v) is 8.23. The monoisotopic (exact) mass is 417 g/mol. The minimum atomic E-state index is 0.437. The number of methoxy groups -OCH3 is 2. The number of nitrogens with one attached hydrogen (secondary N) is 2. The molecule has 2 N–H and O–H groups in total. The van der Waals surface area contributed by atoms with Crippen molar-refractivity contribution in [2.45, 2.75) is 51.1 Å². The van der Waals surface area contributed by atoms with Crippen molar-refractivity contribution in [2.24, 2.45) is 4.99 Å². The van der Waals surface area contributed by atoms with Crippen LogP contribution in [0.15, 0.2) is 23.2 Å². The molecule has 2 heterocycles. The Labute approximate surface area is 181 Å². The van der Waals surface area contributed by atoms with E-state index in [0.29, 0.717) is 12.1 Å². The number of benzene rings is 1. The first-order valence-electron chi connectivity index (χ1n) is 11.4. The average Bonchev–Trinajstić information content (AvgIpc) is 3.33. The van der Waals surface area contributed by atoms with E-state index < -0.39 is 0 Å². The molecule has 1 atom stereocenters. The van der Waals surface area contributed by atoms with Gasteiger partial charge in [0, 0.05) is 62.7 Å². The van der Waals surface area contributed by atoms with Crippen LogP contribution < -0.4 is 25.0 Å². The van der Waals surface area contributed by atoms with Crippen LogP contribution in [0.2, 0.25) is 0 Å². The Morgan fingerprint density at radius 3 is 2.23 bits per heavy atom. The minimum absolute atomic E-state index is 0.437. The van der Waals surface area contributed by atoms with Crippen molar-refractivity contribution >= 4 is 11.6 Å². The van der Waals surface area contributed by atoms with Crippen molar-refractivity contribution in [2.75, 3.05) is 58.9 Å². The smallest absolute Gasteiger partial charge is 0.191 e. The van der Waals surface area contributed by atoms with Crippen LogP contribution in [-0.4, -0.2) is 76.9 Å². The number of aliphatic imine (C=N–C) groups is 1. The van der Waals surface area contributed by atoms with E-state index in [0.717, 1.165) is 55.6 Å². The van der Waals surface area contributed by atoms with E-state index in [1.807, 2.05) is 13.1 Å². The van der Waals surface area contributed by atoms with E-state index in [2.05, 4.69) is 44.5 Å². The highest BCUT2D eigenvalue weighted by molar-refractivity contribution is 5.80. The Bertz CT molecular complexity index is 660. The fourth-order valence-electron chi connectivity index (χ4n) is 4.50. The van der Waals surface area contributed by atoms with Crippen molar-refractivity contribution in [3.8, 4) is 11.5 Å². The summed E-state index contributed by atoms with van der Waals surface area (Å²) in [6.45, 7) is 7.70. The molecule has 7 nitrogen and oxygen atoms in total. The molecule has 0 saturated carbocycles. The van der Waals surface area contributed by atoms with E-state index in [-0.39, 0.29) is 0 Å².